The maximum absolute atomic E-state index is 12.1. The number of methoxy groups -OCH3 is 2. The van der Waals surface area contributed by atoms with Gasteiger partial charge in [-0.3, -0.25) is 5.10 Å². The first-order valence-electron chi connectivity index (χ1n) is 6.21. The van der Waals surface area contributed by atoms with Crippen LogP contribution in [0.4, 0.5) is 0 Å². The van der Waals surface area contributed by atoms with Gasteiger partial charge in [0.1, 0.15) is 0 Å². The number of sulfonamides is 1. The molecule has 0 aliphatic rings. The van der Waals surface area contributed by atoms with Gasteiger partial charge in [0, 0.05) is 6.04 Å². The van der Waals surface area contributed by atoms with E-state index < -0.39 is 16.1 Å². The smallest absolute Gasteiger partial charge is 0.258 e. The third kappa shape index (κ3) is 3.34. The van der Waals surface area contributed by atoms with Crippen molar-refractivity contribution in [2.24, 2.45) is 0 Å². The molecule has 0 amide bonds. The van der Waals surface area contributed by atoms with Gasteiger partial charge in [-0.15, -0.1) is 0 Å². The van der Waals surface area contributed by atoms with Crippen molar-refractivity contribution in [1.82, 2.24) is 14.9 Å². The molecule has 0 spiro atoms. The van der Waals surface area contributed by atoms with Crippen LogP contribution in [-0.2, 0) is 10.0 Å². The molecule has 7 nitrogen and oxygen atoms in total. The van der Waals surface area contributed by atoms with Crippen molar-refractivity contribution in [2.45, 2.75) is 18.0 Å². The Hall–Kier alpha value is -2.06. The quantitative estimate of drug-likeness (QED) is 0.842. The maximum Gasteiger partial charge on any atom is 0.258 e. The number of hydrogen-bond acceptors (Lipinski definition) is 5. The Balaban J connectivity index is 2.23. The van der Waals surface area contributed by atoms with Crippen molar-refractivity contribution in [3.05, 3.63) is 36.0 Å². The molecule has 0 radical (unpaired) electrons. The fourth-order valence-corrected chi connectivity index (χ4v) is 3.02. The van der Waals surface area contributed by atoms with E-state index in [2.05, 4.69) is 14.9 Å². The molecule has 0 saturated carbocycles. The number of benzene rings is 1. The van der Waals surface area contributed by atoms with Crippen molar-refractivity contribution in [1.29, 1.82) is 0 Å². The van der Waals surface area contributed by atoms with E-state index in [-0.39, 0.29) is 5.03 Å². The van der Waals surface area contributed by atoms with Crippen LogP contribution in [0.2, 0.25) is 0 Å². The second-order valence-corrected chi connectivity index (χ2v) is 6.06. The Labute approximate surface area is 123 Å². The standard InChI is InChI=1S/C13H17N3O4S/c1-9(16-21(17,18)13-6-7-14-15-13)10-4-5-11(19-2)12(8-10)20-3/h4-9,16H,1-3H3,(H,14,15). The molecule has 1 atom stereocenters. The van der Waals surface area contributed by atoms with Crippen LogP contribution in [0, 0.1) is 0 Å². The van der Waals surface area contributed by atoms with Crippen molar-refractivity contribution >= 4 is 10.0 Å². The summed E-state index contributed by atoms with van der Waals surface area (Å²) in [6.45, 7) is 1.75. The van der Waals surface area contributed by atoms with Crippen LogP contribution in [0.25, 0.3) is 0 Å². The SMILES string of the molecule is COc1ccc(C(C)NS(=O)(=O)c2ccn[nH]2)cc1OC. The molecule has 1 aromatic heterocycles. The molecule has 2 aromatic rings. The van der Waals surface area contributed by atoms with Gasteiger partial charge in [-0.2, -0.15) is 5.10 Å². The highest BCUT2D eigenvalue weighted by molar-refractivity contribution is 7.89. The highest BCUT2D eigenvalue weighted by Gasteiger charge is 2.20. The summed E-state index contributed by atoms with van der Waals surface area (Å²) < 4.78 is 37.2. The molecule has 21 heavy (non-hydrogen) atoms. The van der Waals surface area contributed by atoms with Gasteiger partial charge in [0.2, 0.25) is 0 Å². The van der Waals surface area contributed by atoms with Crippen molar-refractivity contribution in [2.75, 3.05) is 14.2 Å². The normalized spacial score (nSPS) is 12.9. The number of hydrogen-bond donors (Lipinski definition) is 2. The Morgan fingerprint density at radius 3 is 2.48 bits per heavy atom. The van der Waals surface area contributed by atoms with Gasteiger partial charge in [0.05, 0.1) is 20.4 Å². The van der Waals surface area contributed by atoms with E-state index in [1.54, 1.807) is 32.2 Å². The summed E-state index contributed by atoms with van der Waals surface area (Å²) in [5, 5.41) is 6.09. The van der Waals surface area contributed by atoms with Crippen molar-refractivity contribution < 1.29 is 17.9 Å². The summed E-state index contributed by atoms with van der Waals surface area (Å²) >= 11 is 0. The fourth-order valence-electron chi connectivity index (χ4n) is 1.88. The molecule has 0 bridgehead atoms. The van der Waals surface area contributed by atoms with Crippen molar-refractivity contribution in [3.63, 3.8) is 0 Å². The van der Waals surface area contributed by atoms with Gasteiger partial charge in [-0.25, -0.2) is 13.1 Å². The fraction of sp³-hybridized carbons (Fsp3) is 0.308. The van der Waals surface area contributed by atoms with Gasteiger partial charge in [-0.1, -0.05) is 6.07 Å². The van der Waals surface area contributed by atoms with E-state index in [0.717, 1.165) is 5.56 Å². The second kappa shape index (κ2) is 6.15. The largest absolute Gasteiger partial charge is 0.493 e. The van der Waals surface area contributed by atoms with Gasteiger partial charge >= 0.3 is 0 Å². The average molecular weight is 311 g/mol. The molecule has 0 fully saturated rings. The number of aromatic nitrogens is 2. The number of ether oxygens (including phenoxy) is 2. The number of nitrogens with zero attached hydrogens (tertiary/aromatic N) is 1. The Morgan fingerprint density at radius 2 is 1.90 bits per heavy atom. The van der Waals surface area contributed by atoms with E-state index in [4.69, 9.17) is 9.47 Å². The monoisotopic (exact) mass is 311 g/mol. The molecule has 0 aliphatic heterocycles. The van der Waals surface area contributed by atoms with E-state index in [0.29, 0.717) is 11.5 Å². The maximum atomic E-state index is 12.1. The molecule has 8 heteroatoms. The lowest BCUT2D eigenvalue weighted by Gasteiger charge is -2.16. The van der Waals surface area contributed by atoms with Gasteiger partial charge in [0.25, 0.3) is 10.0 Å². The summed E-state index contributed by atoms with van der Waals surface area (Å²) in [6.07, 6.45) is 1.38. The minimum atomic E-state index is -3.64. The van der Waals surface area contributed by atoms with E-state index in [1.807, 2.05) is 0 Å². The first kappa shape index (κ1) is 15.3. The second-order valence-electron chi connectivity index (χ2n) is 4.38. The zero-order valence-corrected chi connectivity index (χ0v) is 12.8. The highest BCUT2D eigenvalue weighted by Crippen LogP contribution is 2.30. The molecule has 114 valence electrons. The molecule has 1 heterocycles. The topological polar surface area (TPSA) is 93.3 Å². The number of aromatic amines is 1. The molecule has 1 aromatic carbocycles. The Morgan fingerprint density at radius 1 is 1.19 bits per heavy atom. The third-order valence-corrected chi connectivity index (χ3v) is 4.47. The molecule has 2 rings (SSSR count). The molecule has 2 N–H and O–H groups in total. The summed E-state index contributed by atoms with van der Waals surface area (Å²) in [5.41, 5.74) is 0.760. The Bertz CT molecular complexity index is 698. The van der Waals surface area contributed by atoms with Crippen LogP contribution in [0.5, 0.6) is 11.5 Å². The number of rotatable bonds is 6. The van der Waals surface area contributed by atoms with Gasteiger partial charge in [0.15, 0.2) is 16.5 Å². The predicted molar refractivity (Wildman–Crippen MR) is 76.9 cm³/mol. The van der Waals surface area contributed by atoms with Crippen LogP contribution in [0.1, 0.15) is 18.5 Å². The van der Waals surface area contributed by atoms with Crippen LogP contribution in [0.15, 0.2) is 35.5 Å². The lowest BCUT2D eigenvalue weighted by molar-refractivity contribution is 0.354. The molecule has 1 unspecified atom stereocenters. The summed E-state index contributed by atoms with van der Waals surface area (Å²) in [7, 11) is -0.567. The molecule has 0 aliphatic carbocycles. The summed E-state index contributed by atoms with van der Waals surface area (Å²) in [4.78, 5) is 0. The first-order chi connectivity index (χ1) is 9.97. The average Bonchev–Trinajstić information content (AvgIpc) is 3.01. The lowest BCUT2D eigenvalue weighted by atomic mass is 10.1. The molecular formula is C13H17N3O4S. The van der Waals surface area contributed by atoms with Crippen LogP contribution in [0.3, 0.4) is 0 Å². The molecule has 0 saturated heterocycles. The zero-order valence-electron chi connectivity index (χ0n) is 12.0. The minimum absolute atomic E-state index is 0.0230. The minimum Gasteiger partial charge on any atom is -0.493 e. The summed E-state index contributed by atoms with van der Waals surface area (Å²) in [6, 6.07) is 6.21. The predicted octanol–water partition coefficient (Wildman–Crippen LogP) is 1.47. The highest BCUT2D eigenvalue weighted by atomic mass is 32.2. The van der Waals surface area contributed by atoms with Crippen LogP contribution < -0.4 is 14.2 Å². The Kier molecular flexibility index (Phi) is 4.49. The van der Waals surface area contributed by atoms with Crippen LogP contribution in [-0.4, -0.2) is 32.8 Å². The van der Waals surface area contributed by atoms with Crippen LogP contribution >= 0.6 is 0 Å². The lowest BCUT2D eigenvalue weighted by Crippen LogP contribution is -2.27. The molecular weight excluding hydrogens is 294 g/mol. The van der Waals surface area contributed by atoms with E-state index >= 15 is 0 Å². The van der Waals surface area contributed by atoms with E-state index in [9.17, 15) is 8.42 Å². The van der Waals surface area contributed by atoms with Gasteiger partial charge in [-0.05, 0) is 30.7 Å². The number of nitrogens with one attached hydrogen (secondary N) is 2. The first-order valence-corrected chi connectivity index (χ1v) is 7.70. The van der Waals surface area contributed by atoms with Gasteiger partial charge < -0.3 is 9.47 Å². The number of H-pyrrole nitrogens is 1. The van der Waals surface area contributed by atoms with Crippen molar-refractivity contribution in [3.8, 4) is 11.5 Å². The van der Waals surface area contributed by atoms with E-state index in [1.165, 1.54) is 19.4 Å². The third-order valence-electron chi connectivity index (χ3n) is 3.00. The zero-order chi connectivity index (χ0) is 15.5. The summed E-state index contributed by atoms with van der Waals surface area (Å²) in [5.74, 6) is 1.13.